The number of hydrogen-bond donors (Lipinski definition) is 1. The first-order valence-corrected chi connectivity index (χ1v) is 7.61. The molecular formula is C17H20N4O. The molecule has 0 spiro atoms. The largest absolute Gasteiger partial charge is 0.273 e. The van der Waals surface area contributed by atoms with Gasteiger partial charge in [-0.25, -0.2) is 5.43 Å². The van der Waals surface area contributed by atoms with Crippen molar-refractivity contribution in [2.45, 2.75) is 32.7 Å². The maximum absolute atomic E-state index is 12.1. The summed E-state index contributed by atoms with van der Waals surface area (Å²) in [7, 11) is 0. The lowest BCUT2D eigenvalue weighted by atomic mass is 10.1. The van der Waals surface area contributed by atoms with E-state index in [9.17, 15) is 4.79 Å². The maximum atomic E-state index is 12.1. The van der Waals surface area contributed by atoms with Gasteiger partial charge >= 0.3 is 0 Å². The first-order valence-electron chi connectivity index (χ1n) is 7.61. The van der Waals surface area contributed by atoms with Gasteiger partial charge in [0, 0.05) is 24.2 Å². The number of benzene rings is 1. The second kappa shape index (κ2) is 6.13. The summed E-state index contributed by atoms with van der Waals surface area (Å²) < 4.78 is 1.85. The Balaban J connectivity index is 1.55. The second-order valence-corrected chi connectivity index (χ2v) is 5.62. The minimum Gasteiger partial charge on any atom is -0.273 e. The first-order chi connectivity index (χ1) is 10.7. The van der Waals surface area contributed by atoms with Crippen molar-refractivity contribution in [3.05, 3.63) is 53.3 Å². The van der Waals surface area contributed by atoms with Crippen LogP contribution in [0.1, 0.15) is 36.1 Å². The zero-order valence-corrected chi connectivity index (χ0v) is 12.9. The van der Waals surface area contributed by atoms with Gasteiger partial charge in [-0.2, -0.15) is 10.2 Å². The molecule has 22 heavy (non-hydrogen) atoms. The molecule has 0 radical (unpaired) electrons. The monoisotopic (exact) mass is 296 g/mol. The molecule has 0 saturated heterocycles. The van der Waals surface area contributed by atoms with Crippen molar-refractivity contribution in [3.8, 4) is 0 Å². The number of rotatable bonds is 5. The number of nitrogens with one attached hydrogen (secondary N) is 1. The van der Waals surface area contributed by atoms with Crippen molar-refractivity contribution < 1.29 is 4.79 Å². The molecule has 5 nitrogen and oxygen atoms in total. The van der Waals surface area contributed by atoms with Crippen LogP contribution in [0.3, 0.4) is 0 Å². The van der Waals surface area contributed by atoms with Crippen LogP contribution in [-0.4, -0.2) is 21.9 Å². The van der Waals surface area contributed by atoms with Crippen LogP contribution < -0.4 is 5.43 Å². The number of amides is 1. The fourth-order valence-corrected chi connectivity index (χ4v) is 2.62. The van der Waals surface area contributed by atoms with E-state index in [1.165, 1.54) is 5.56 Å². The molecule has 0 bridgehead atoms. The Hall–Kier alpha value is -2.43. The Bertz CT molecular complexity index is 690. The lowest BCUT2D eigenvalue weighted by Crippen LogP contribution is -2.20. The third-order valence-electron chi connectivity index (χ3n) is 4.04. The van der Waals surface area contributed by atoms with Gasteiger partial charge in [0.25, 0.3) is 0 Å². The molecule has 2 unspecified atom stereocenters. The van der Waals surface area contributed by atoms with E-state index < -0.39 is 0 Å². The average molecular weight is 296 g/mol. The summed E-state index contributed by atoms with van der Waals surface area (Å²) in [5.41, 5.74) is 5.71. The smallest absolute Gasteiger partial charge is 0.243 e. The Morgan fingerprint density at radius 3 is 2.91 bits per heavy atom. The lowest BCUT2D eigenvalue weighted by molar-refractivity contribution is -0.122. The highest BCUT2D eigenvalue weighted by atomic mass is 16.2. The maximum Gasteiger partial charge on any atom is 0.243 e. The van der Waals surface area contributed by atoms with E-state index in [-0.39, 0.29) is 11.8 Å². The van der Waals surface area contributed by atoms with Gasteiger partial charge < -0.3 is 0 Å². The van der Waals surface area contributed by atoms with Gasteiger partial charge in [0.1, 0.15) is 0 Å². The van der Waals surface area contributed by atoms with E-state index in [0.29, 0.717) is 5.92 Å². The number of aromatic nitrogens is 2. The van der Waals surface area contributed by atoms with E-state index >= 15 is 0 Å². The fraction of sp³-hybridized carbons (Fsp3) is 0.353. The first kappa shape index (κ1) is 14.5. The third kappa shape index (κ3) is 3.08. The summed E-state index contributed by atoms with van der Waals surface area (Å²) in [6.07, 6.45) is 4.49. The van der Waals surface area contributed by atoms with Crippen LogP contribution in [0.2, 0.25) is 0 Å². The van der Waals surface area contributed by atoms with Gasteiger partial charge in [0.05, 0.1) is 11.9 Å². The molecule has 1 saturated carbocycles. The fourth-order valence-electron chi connectivity index (χ4n) is 2.62. The highest BCUT2D eigenvalue weighted by molar-refractivity contribution is 5.85. The molecule has 3 rings (SSSR count). The quantitative estimate of drug-likeness (QED) is 0.680. The molecule has 0 aliphatic heterocycles. The SMILES string of the molecule is CCn1cc(C=NNC(=O)C2CC2c2ccccc2)c(C)n1. The van der Waals surface area contributed by atoms with Gasteiger partial charge in [-0.1, -0.05) is 30.3 Å². The molecule has 1 N–H and O–H groups in total. The Kier molecular flexibility index (Phi) is 4.04. The predicted molar refractivity (Wildman–Crippen MR) is 85.7 cm³/mol. The van der Waals surface area contributed by atoms with E-state index in [1.807, 2.05) is 42.9 Å². The van der Waals surface area contributed by atoms with Crippen molar-refractivity contribution in [2.75, 3.05) is 0 Å². The van der Waals surface area contributed by atoms with Crippen molar-refractivity contribution in [3.63, 3.8) is 0 Å². The van der Waals surface area contributed by atoms with Crippen molar-refractivity contribution >= 4 is 12.1 Å². The van der Waals surface area contributed by atoms with Gasteiger partial charge in [-0.05, 0) is 31.7 Å². The average Bonchev–Trinajstić information content (AvgIpc) is 3.27. The molecule has 1 aromatic carbocycles. The summed E-state index contributed by atoms with van der Waals surface area (Å²) in [5.74, 6) is 0.366. The van der Waals surface area contributed by atoms with Crippen LogP contribution in [0.4, 0.5) is 0 Å². The number of hydrazone groups is 1. The van der Waals surface area contributed by atoms with Gasteiger partial charge in [0.2, 0.25) is 5.91 Å². The number of carbonyl (C=O) groups is 1. The Morgan fingerprint density at radius 2 is 2.23 bits per heavy atom. The van der Waals surface area contributed by atoms with Crippen LogP contribution in [0.25, 0.3) is 0 Å². The number of hydrogen-bond acceptors (Lipinski definition) is 3. The second-order valence-electron chi connectivity index (χ2n) is 5.62. The Labute approximate surface area is 130 Å². The lowest BCUT2D eigenvalue weighted by Gasteiger charge is -1.99. The van der Waals surface area contributed by atoms with Crippen LogP contribution in [0.15, 0.2) is 41.6 Å². The minimum absolute atomic E-state index is 0.00867. The predicted octanol–water partition coefficient (Wildman–Crippen LogP) is 2.47. The normalized spacial score (nSPS) is 20.3. The molecule has 1 aliphatic rings. The van der Waals surface area contributed by atoms with E-state index in [4.69, 9.17) is 0 Å². The molecule has 1 aromatic heterocycles. The molecule has 1 fully saturated rings. The van der Waals surface area contributed by atoms with Gasteiger partial charge in [0.15, 0.2) is 0 Å². The molecule has 2 aromatic rings. The molecular weight excluding hydrogens is 276 g/mol. The topological polar surface area (TPSA) is 59.3 Å². The standard InChI is InChI=1S/C17H20N4O/c1-3-21-11-14(12(2)20-21)10-18-19-17(22)16-9-15(16)13-7-5-4-6-8-13/h4-8,10-11,15-16H,3,9H2,1-2H3,(H,19,22). The summed E-state index contributed by atoms with van der Waals surface area (Å²) in [4.78, 5) is 12.1. The van der Waals surface area contributed by atoms with Crippen LogP contribution in [0.5, 0.6) is 0 Å². The molecule has 114 valence electrons. The summed E-state index contributed by atoms with van der Waals surface area (Å²) in [5, 5.41) is 8.40. The number of aryl methyl sites for hydroxylation is 2. The number of nitrogens with zero attached hydrogens (tertiary/aromatic N) is 3. The molecule has 5 heteroatoms. The highest BCUT2D eigenvalue weighted by Crippen LogP contribution is 2.47. The van der Waals surface area contributed by atoms with Crippen LogP contribution in [0, 0.1) is 12.8 Å². The zero-order chi connectivity index (χ0) is 15.5. The Morgan fingerprint density at radius 1 is 1.45 bits per heavy atom. The summed E-state index contributed by atoms with van der Waals surface area (Å²) in [6, 6.07) is 10.2. The molecule has 1 amide bonds. The van der Waals surface area contributed by atoms with Crippen LogP contribution >= 0.6 is 0 Å². The zero-order valence-electron chi connectivity index (χ0n) is 12.9. The minimum atomic E-state index is -0.00867. The van der Waals surface area contributed by atoms with E-state index in [2.05, 4.69) is 27.8 Å². The highest BCUT2D eigenvalue weighted by Gasteiger charge is 2.43. The van der Waals surface area contributed by atoms with Crippen molar-refractivity contribution in [1.82, 2.24) is 15.2 Å². The molecule has 2 atom stereocenters. The van der Waals surface area contributed by atoms with Gasteiger partial charge in [-0.3, -0.25) is 9.48 Å². The van der Waals surface area contributed by atoms with E-state index in [0.717, 1.165) is 24.2 Å². The molecule has 1 heterocycles. The molecule has 1 aliphatic carbocycles. The third-order valence-corrected chi connectivity index (χ3v) is 4.04. The van der Waals surface area contributed by atoms with Crippen molar-refractivity contribution in [2.24, 2.45) is 11.0 Å². The van der Waals surface area contributed by atoms with Crippen molar-refractivity contribution in [1.29, 1.82) is 0 Å². The number of carbonyl (C=O) groups excluding carboxylic acids is 1. The van der Waals surface area contributed by atoms with Crippen LogP contribution in [-0.2, 0) is 11.3 Å². The summed E-state index contributed by atoms with van der Waals surface area (Å²) >= 11 is 0. The summed E-state index contributed by atoms with van der Waals surface area (Å²) in [6.45, 7) is 4.79. The van der Waals surface area contributed by atoms with E-state index in [1.54, 1.807) is 6.21 Å². The van der Waals surface area contributed by atoms with Gasteiger partial charge in [-0.15, -0.1) is 0 Å².